The number of fused-ring (bicyclic) bond motifs is 1. The van der Waals surface area contributed by atoms with Crippen molar-refractivity contribution in [3.8, 4) is 0 Å². The Morgan fingerprint density at radius 3 is 2.79 bits per heavy atom. The highest BCUT2D eigenvalue weighted by atomic mass is 19.1. The molecule has 3 nitrogen and oxygen atoms in total. The Bertz CT molecular complexity index is 763. The zero-order valence-corrected chi connectivity index (χ0v) is 13.7. The molecule has 0 unspecified atom stereocenters. The minimum absolute atomic E-state index is 0.185. The van der Waals surface area contributed by atoms with E-state index in [9.17, 15) is 13.6 Å². The first kappa shape index (κ1) is 16.4. The van der Waals surface area contributed by atoms with Crippen molar-refractivity contribution in [1.29, 1.82) is 0 Å². The molecule has 2 aromatic carbocycles. The van der Waals surface area contributed by atoms with Gasteiger partial charge >= 0.3 is 0 Å². The number of halogens is 2. The molecular formula is C19H20F2N2O. The first-order valence-corrected chi connectivity index (χ1v) is 8.04. The zero-order chi connectivity index (χ0) is 17.3. The summed E-state index contributed by atoms with van der Waals surface area (Å²) in [6.07, 6.45) is 0.908. The molecule has 3 rings (SSSR count). The number of nitrogens with zero attached hydrogens (tertiary/aromatic N) is 1. The summed E-state index contributed by atoms with van der Waals surface area (Å²) in [6, 6.07) is 11.1. The number of hydrogen-bond donors (Lipinski definition) is 1. The molecule has 0 aromatic heterocycles. The third-order valence-corrected chi connectivity index (χ3v) is 4.47. The topological polar surface area (TPSA) is 32.3 Å². The van der Waals surface area contributed by atoms with E-state index < -0.39 is 17.7 Å². The van der Waals surface area contributed by atoms with Gasteiger partial charge in [0, 0.05) is 23.4 Å². The number of anilines is 1. The van der Waals surface area contributed by atoms with Gasteiger partial charge in [0.05, 0.1) is 12.6 Å². The number of hydrogen-bond acceptors (Lipinski definition) is 2. The van der Waals surface area contributed by atoms with Gasteiger partial charge in [0.15, 0.2) is 0 Å². The van der Waals surface area contributed by atoms with Gasteiger partial charge in [-0.05, 0) is 38.0 Å². The Balaban J connectivity index is 1.67. The maximum Gasteiger partial charge on any atom is 0.240 e. The Morgan fingerprint density at radius 1 is 1.29 bits per heavy atom. The molecule has 1 aliphatic rings. The third kappa shape index (κ3) is 3.25. The molecule has 126 valence electrons. The molecule has 0 saturated carbocycles. The summed E-state index contributed by atoms with van der Waals surface area (Å²) in [6.45, 7) is 3.98. The van der Waals surface area contributed by atoms with Crippen LogP contribution in [0.4, 0.5) is 14.5 Å². The van der Waals surface area contributed by atoms with E-state index in [1.54, 1.807) is 6.92 Å². The number of carbonyl (C=O) groups is 1. The van der Waals surface area contributed by atoms with Crippen molar-refractivity contribution in [3.05, 3.63) is 65.2 Å². The number of carbonyl (C=O) groups excluding carboxylic acids is 1. The van der Waals surface area contributed by atoms with Crippen molar-refractivity contribution >= 4 is 11.6 Å². The summed E-state index contributed by atoms with van der Waals surface area (Å²) in [5, 5.41) is 2.79. The fourth-order valence-electron chi connectivity index (χ4n) is 3.24. The number of amides is 1. The van der Waals surface area contributed by atoms with E-state index in [4.69, 9.17) is 0 Å². The average molecular weight is 330 g/mol. The predicted octanol–water partition coefficient (Wildman–Crippen LogP) is 3.59. The van der Waals surface area contributed by atoms with Gasteiger partial charge in [-0.25, -0.2) is 8.78 Å². The molecule has 0 saturated heterocycles. The molecule has 1 amide bonds. The van der Waals surface area contributed by atoms with Gasteiger partial charge in [-0.1, -0.05) is 24.3 Å². The maximum atomic E-state index is 13.8. The van der Waals surface area contributed by atoms with Crippen molar-refractivity contribution in [3.63, 3.8) is 0 Å². The van der Waals surface area contributed by atoms with E-state index in [0.29, 0.717) is 0 Å². The number of nitrogens with one attached hydrogen (secondary N) is 1. The number of benzene rings is 2. The van der Waals surface area contributed by atoms with E-state index in [-0.39, 0.29) is 24.1 Å². The molecule has 1 N–H and O–H groups in total. The van der Waals surface area contributed by atoms with Gasteiger partial charge in [-0.3, -0.25) is 4.79 Å². The maximum absolute atomic E-state index is 13.8. The molecule has 5 heteroatoms. The summed E-state index contributed by atoms with van der Waals surface area (Å²) in [5.74, 6) is -1.46. The lowest BCUT2D eigenvalue weighted by Gasteiger charge is -2.25. The molecule has 0 spiro atoms. The molecule has 0 fully saturated rings. The van der Waals surface area contributed by atoms with Crippen LogP contribution in [0.25, 0.3) is 0 Å². The SMILES string of the molecule is C[C@@H](NC(=O)CN1c2ccccc2C[C@@H]1C)c1ccc(F)cc1F. The van der Waals surface area contributed by atoms with Crippen LogP contribution in [0.3, 0.4) is 0 Å². The van der Waals surface area contributed by atoms with Crippen LogP contribution in [0.15, 0.2) is 42.5 Å². The fraction of sp³-hybridized carbons (Fsp3) is 0.316. The van der Waals surface area contributed by atoms with Crippen molar-refractivity contribution in [2.45, 2.75) is 32.4 Å². The van der Waals surface area contributed by atoms with Gasteiger partial charge in [0.25, 0.3) is 0 Å². The molecular weight excluding hydrogens is 310 g/mol. The molecule has 0 aliphatic carbocycles. The van der Waals surface area contributed by atoms with Crippen molar-refractivity contribution in [2.75, 3.05) is 11.4 Å². The quantitative estimate of drug-likeness (QED) is 0.929. The summed E-state index contributed by atoms with van der Waals surface area (Å²) in [4.78, 5) is 14.4. The summed E-state index contributed by atoms with van der Waals surface area (Å²) in [7, 11) is 0. The summed E-state index contributed by atoms with van der Waals surface area (Å²) in [5.41, 5.74) is 2.58. The van der Waals surface area contributed by atoms with Gasteiger partial charge in [-0.2, -0.15) is 0 Å². The van der Waals surface area contributed by atoms with Gasteiger partial charge in [0.1, 0.15) is 11.6 Å². The van der Waals surface area contributed by atoms with E-state index >= 15 is 0 Å². The largest absolute Gasteiger partial charge is 0.359 e. The average Bonchev–Trinajstić information content (AvgIpc) is 2.83. The van der Waals surface area contributed by atoms with Crippen molar-refractivity contribution in [2.24, 2.45) is 0 Å². The van der Waals surface area contributed by atoms with Crippen LogP contribution in [0.5, 0.6) is 0 Å². The first-order valence-electron chi connectivity index (χ1n) is 8.04. The third-order valence-electron chi connectivity index (χ3n) is 4.47. The van der Waals surface area contributed by atoms with Gasteiger partial charge in [0.2, 0.25) is 5.91 Å². The van der Waals surface area contributed by atoms with E-state index in [0.717, 1.165) is 18.2 Å². The Morgan fingerprint density at radius 2 is 2.04 bits per heavy atom. The zero-order valence-electron chi connectivity index (χ0n) is 13.7. The van der Waals surface area contributed by atoms with Crippen LogP contribution in [-0.2, 0) is 11.2 Å². The molecule has 2 atom stereocenters. The Hall–Kier alpha value is -2.43. The van der Waals surface area contributed by atoms with E-state index in [1.807, 2.05) is 18.2 Å². The second-order valence-corrected chi connectivity index (χ2v) is 6.26. The molecule has 24 heavy (non-hydrogen) atoms. The monoisotopic (exact) mass is 330 g/mol. The highest BCUT2D eigenvalue weighted by molar-refractivity contribution is 5.83. The van der Waals surface area contributed by atoms with Crippen molar-refractivity contribution < 1.29 is 13.6 Å². The molecule has 1 heterocycles. The molecule has 1 aliphatic heterocycles. The minimum atomic E-state index is -0.650. The lowest BCUT2D eigenvalue weighted by Crippen LogP contribution is -2.41. The second-order valence-electron chi connectivity index (χ2n) is 6.26. The van der Waals surface area contributed by atoms with Crippen LogP contribution >= 0.6 is 0 Å². The standard InChI is InChI=1S/C19H20F2N2O/c1-12-9-14-5-3-4-6-18(14)23(12)11-19(24)22-13(2)16-8-7-15(20)10-17(16)21/h3-8,10,12-13H,9,11H2,1-2H3,(H,22,24)/t12-,13+/m0/s1. The minimum Gasteiger partial charge on any atom is -0.359 e. The van der Waals surface area contributed by atoms with Gasteiger partial charge < -0.3 is 10.2 Å². The van der Waals surface area contributed by atoms with Gasteiger partial charge in [-0.15, -0.1) is 0 Å². The van der Waals surface area contributed by atoms with Crippen LogP contribution in [0.2, 0.25) is 0 Å². The van der Waals surface area contributed by atoms with E-state index in [1.165, 1.54) is 17.7 Å². The highest BCUT2D eigenvalue weighted by Gasteiger charge is 2.27. The lowest BCUT2D eigenvalue weighted by molar-refractivity contribution is -0.120. The van der Waals surface area contributed by atoms with Crippen LogP contribution in [-0.4, -0.2) is 18.5 Å². The van der Waals surface area contributed by atoms with Crippen LogP contribution in [0.1, 0.15) is 31.0 Å². The van der Waals surface area contributed by atoms with Crippen molar-refractivity contribution in [1.82, 2.24) is 5.32 Å². The molecule has 0 radical (unpaired) electrons. The Labute approximate surface area is 140 Å². The summed E-state index contributed by atoms with van der Waals surface area (Å²) >= 11 is 0. The normalized spacial score (nSPS) is 17.5. The lowest BCUT2D eigenvalue weighted by atomic mass is 10.1. The Kier molecular flexibility index (Phi) is 4.51. The predicted molar refractivity (Wildman–Crippen MR) is 89.9 cm³/mol. The summed E-state index contributed by atoms with van der Waals surface area (Å²) < 4.78 is 26.8. The van der Waals surface area contributed by atoms with Crippen LogP contribution < -0.4 is 10.2 Å². The fourth-order valence-corrected chi connectivity index (χ4v) is 3.24. The highest BCUT2D eigenvalue weighted by Crippen LogP contribution is 2.31. The van der Waals surface area contributed by atoms with E-state index in [2.05, 4.69) is 23.2 Å². The molecule has 2 aromatic rings. The smallest absolute Gasteiger partial charge is 0.240 e. The molecule has 0 bridgehead atoms. The number of para-hydroxylation sites is 1. The number of rotatable bonds is 4. The van der Waals surface area contributed by atoms with Crippen LogP contribution in [0, 0.1) is 11.6 Å². The second kappa shape index (κ2) is 6.59. The first-order chi connectivity index (χ1) is 11.5.